The van der Waals surface area contributed by atoms with E-state index in [2.05, 4.69) is 15.6 Å². The second-order valence-corrected chi connectivity index (χ2v) is 8.27. The zero-order valence-corrected chi connectivity index (χ0v) is 19.0. The number of thiocarbonyl (C=S) groups is 1. The third kappa shape index (κ3) is 4.48. The first kappa shape index (κ1) is 21.2. The number of halogens is 1. The molecule has 0 atom stereocenters. The van der Waals surface area contributed by atoms with Gasteiger partial charge in [0, 0.05) is 11.1 Å². The average molecular weight is 480 g/mol. The summed E-state index contributed by atoms with van der Waals surface area (Å²) >= 11 is 11.7. The Labute approximate surface area is 199 Å². The third-order valence-corrected chi connectivity index (χ3v) is 5.57. The van der Waals surface area contributed by atoms with Gasteiger partial charge in [0.05, 0.1) is 10.7 Å². The van der Waals surface area contributed by atoms with Gasteiger partial charge in [-0.25, -0.2) is 4.98 Å². The standard InChI is InChI=1S/C24H18ClN3O4S/c1-13-2-6-19-18(10-13)26-23(32-19)15-3-5-16(25)17(11-15)27-24(33)28-22(29)14-4-7-20-21(12-14)31-9-8-30-20/h2-7,10-12H,8-9H2,1H3,(H2,27,28,29,33). The molecular formula is C24H18ClN3O4S. The van der Waals surface area contributed by atoms with Crippen molar-refractivity contribution in [1.29, 1.82) is 0 Å². The number of hydrogen-bond donors (Lipinski definition) is 2. The number of carbonyl (C=O) groups is 1. The summed E-state index contributed by atoms with van der Waals surface area (Å²) in [5.74, 6) is 1.21. The molecule has 0 spiro atoms. The van der Waals surface area contributed by atoms with Crippen molar-refractivity contribution in [3.8, 4) is 23.0 Å². The maximum Gasteiger partial charge on any atom is 0.257 e. The summed E-state index contributed by atoms with van der Waals surface area (Å²) in [5, 5.41) is 6.15. The van der Waals surface area contributed by atoms with Crippen LogP contribution in [-0.4, -0.2) is 29.2 Å². The lowest BCUT2D eigenvalue weighted by Gasteiger charge is -2.18. The van der Waals surface area contributed by atoms with Crippen molar-refractivity contribution in [1.82, 2.24) is 10.3 Å². The minimum atomic E-state index is -0.383. The minimum absolute atomic E-state index is 0.0992. The van der Waals surface area contributed by atoms with E-state index >= 15 is 0 Å². The molecule has 166 valence electrons. The predicted molar refractivity (Wildman–Crippen MR) is 130 cm³/mol. The number of rotatable bonds is 3. The maximum absolute atomic E-state index is 12.6. The lowest BCUT2D eigenvalue weighted by atomic mass is 10.2. The van der Waals surface area contributed by atoms with Gasteiger partial charge in [0.15, 0.2) is 22.2 Å². The first-order valence-electron chi connectivity index (χ1n) is 10.2. The van der Waals surface area contributed by atoms with Crippen LogP contribution in [0.1, 0.15) is 15.9 Å². The fourth-order valence-electron chi connectivity index (χ4n) is 3.43. The second kappa shape index (κ2) is 8.73. The van der Waals surface area contributed by atoms with Crippen molar-refractivity contribution < 1.29 is 18.7 Å². The van der Waals surface area contributed by atoms with E-state index < -0.39 is 0 Å². The number of carbonyl (C=O) groups excluding carboxylic acids is 1. The molecule has 0 bridgehead atoms. The van der Waals surface area contributed by atoms with E-state index in [1.807, 2.05) is 31.2 Å². The summed E-state index contributed by atoms with van der Waals surface area (Å²) in [5.41, 5.74) is 4.20. The van der Waals surface area contributed by atoms with E-state index in [0.717, 1.165) is 16.6 Å². The van der Waals surface area contributed by atoms with Crippen LogP contribution < -0.4 is 20.1 Å². The number of ether oxygens (including phenoxy) is 2. The molecule has 1 amide bonds. The Balaban J connectivity index is 1.32. The monoisotopic (exact) mass is 479 g/mol. The Morgan fingerprint density at radius 2 is 1.85 bits per heavy atom. The average Bonchev–Trinajstić information content (AvgIpc) is 3.23. The lowest BCUT2D eigenvalue weighted by Crippen LogP contribution is -2.34. The molecule has 1 aliphatic heterocycles. The minimum Gasteiger partial charge on any atom is -0.486 e. The van der Waals surface area contributed by atoms with E-state index in [1.165, 1.54) is 0 Å². The number of aromatic nitrogens is 1. The van der Waals surface area contributed by atoms with Crippen LogP contribution in [0, 0.1) is 6.92 Å². The summed E-state index contributed by atoms with van der Waals surface area (Å²) in [6.07, 6.45) is 0. The van der Waals surface area contributed by atoms with Gasteiger partial charge in [-0.2, -0.15) is 0 Å². The van der Waals surface area contributed by atoms with Crippen LogP contribution in [0.25, 0.3) is 22.6 Å². The number of amides is 1. The number of anilines is 1. The maximum atomic E-state index is 12.6. The van der Waals surface area contributed by atoms with E-state index in [9.17, 15) is 4.79 Å². The largest absolute Gasteiger partial charge is 0.486 e. The van der Waals surface area contributed by atoms with Crippen molar-refractivity contribution in [3.63, 3.8) is 0 Å². The van der Waals surface area contributed by atoms with Gasteiger partial charge < -0.3 is 19.2 Å². The summed E-state index contributed by atoms with van der Waals surface area (Å²) in [4.78, 5) is 17.2. The van der Waals surface area contributed by atoms with E-state index in [-0.39, 0.29) is 11.0 Å². The first-order chi connectivity index (χ1) is 16.0. The van der Waals surface area contributed by atoms with Gasteiger partial charge in [-0.05, 0) is 73.2 Å². The van der Waals surface area contributed by atoms with E-state index in [4.69, 9.17) is 37.7 Å². The molecule has 7 nitrogen and oxygen atoms in total. The molecule has 2 N–H and O–H groups in total. The van der Waals surface area contributed by atoms with E-state index in [1.54, 1.807) is 30.3 Å². The second-order valence-electron chi connectivity index (χ2n) is 7.45. The lowest BCUT2D eigenvalue weighted by molar-refractivity contribution is 0.0976. The Hall–Kier alpha value is -3.62. The van der Waals surface area contributed by atoms with Crippen LogP contribution in [0.3, 0.4) is 0 Å². The Morgan fingerprint density at radius 1 is 1.03 bits per heavy atom. The highest BCUT2D eigenvalue weighted by atomic mass is 35.5. The van der Waals surface area contributed by atoms with Crippen LogP contribution in [0.4, 0.5) is 5.69 Å². The summed E-state index contributed by atoms with van der Waals surface area (Å²) in [7, 11) is 0. The molecule has 33 heavy (non-hydrogen) atoms. The fourth-order valence-corrected chi connectivity index (χ4v) is 3.80. The molecule has 0 fully saturated rings. The van der Waals surface area contributed by atoms with Crippen LogP contribution in [-0.2, 0) is 0 Å². The van der Waals surface area contributed by atoms with Gasteiger partial charge >= 0.3 is 0 Å². The van der Waals surface area contributed by atoms with Crippen LogP contribution in [0.5, 0.6) is 11.5 Å². The topological polar surface area (TPSA) is 85.6 Å². The molecule has 1 aliphatic rings. The van der Waals surface area contributed by atoms with Gasteiger partial charge in [0.1, 0.15) is 18.7 Å². The van der Waals surface area contributed by atoms with Crippen molar-refractivity contribution >= 4 is 51.6 Å². The normalized spacial score (nSPS) is 12.4. The van der Waals surface area contributed by atoms with Gasteiger partial charge in [0.25, 0.3) is 5.91 Å². The molecule has 2 heterocycles. The third-order valence-electron chi connectivity index (χ3n) is 5.04. The summed E-state index contributed by atoms with van der Waals surface area (Å²) in [6, 6.07) is 16.1. The molecular weight excluding hydrogens is 462 g/mol. The van der Waals surface area contributed by atoms with Gasteiger partial charge in [-0.15, -0.1) is 0 Å². The van der Waals surface area contributed by atoms with Crippen LogP contribution >= 0.6 is 23.8 Å². The highest BCUT2D eigenvalue weighted by Gasteiger charge is 2.17. The number of oxazole rings is 1. The van der Waals surface area contributed by atoms with Crippen molar-refractivity contribution in [3.05, 3.63) is 70.7 Å². The number of nitrogens with one attached hydrogen (secondary N) is 2. The zero-order chi connectivity index (χ0) is 22.9. The summed E-state index contributed by atoms with van der Waals surface area (Å²) in [6.45, 7) is 2.92. The Kier molecular flexibility index (Phi) is 5.62. The summed E-state index contributed by atoms with van der Waals surface area (Å²) < 4.78 is 16.9. The zero-order valence-electron chi connectivity index (χ0n) is 17.5. The van der Waals surface area contributed by atoms with Crippen LogP contribution in [0.15, 0.2) is 59.0 Å². The molecule has 0 unspecified atom stereocenters. The quantitative estimate of drug-likeness (QED) is 0.383. The molecule has 1 aromatic heterocycles. The Morgan fingerprint density at radius 3 is 2.70 bits per heavy atom. The number of hydrogen-bond acceptors (Lipinski definition) is 6. The Bertz CT molecular complexity index is 1400. The van der Waals surface area contributed by atoms with Crippen molar-refractivity contribution in [2.45, 2.75) is 6.92 Å². The number of aryl methyl sites for hydroxylation is 1. The smallest absolute Gasteiger partial charge is 0.257 e. The van der Waals surface area contributed by atoms with Gasteiger partial charge in [0.2, 0.25) is 5.89 Å². The molecule has 3 aromatic carbocycles. The molecule has 0 aliphatic carbocycles. The molecule has 4 aromatic rings. The molecule has 5 rings (SSSR count). The van der Waals surface area contributed by atoms with Gasteiger partial charge in [-0.3, -0.25) is 10.1 Å². The molecule has 0 saturated heterocycles. The van der Waals surface area contributed by atoms with Crippen molar-refractivity contribution in [2.75, 3.05) is 18.5 Å². The molecule has 0 radical (unpaired) electrons. The highest BCUT2D eigenvalue weighted by Crippen LogP contribution is 2.32. The molecule has 0 saturated carbocycles. The van der Waals surface area contributed by atoms with Crippen LogP contribution in [0.2, 0.25) is 5.02 Å². The molecule has 9 heteroatoms. The van der Waals surface area contributed by atoms with Crippen molar-refractivity contribution in [2.24, 2.45) is 0 Å². The van der Waals surface area contributed by atoms with Gasteiger partial charge in [-0.1, -0.05) is 17.7 Å². The number of fused-ring (bicyclic) bond motifs is 2. The fraction of sp³-hybridized carbons (Fsp3) is 0.125. The van der Waals surface area contributed by atoms with E-state index in [0.29, 0.717) is 52.5 Å². The number of nitrogens with zero attached hydrogens (tertiary/aromatic N) is 1. The predicted octanol–water partition coefficient (Wildman–Crippen LogP) is 5.35. The highest BCUT2D eigenvalue weighted by molar-refractivity contribution is 7.80. The number of benzene rings is 3. The first-order valence-corrected chi connectivity index (χ1v) is 10.9. The SMILES string of the molecule is Cc1ccc2oc(-c3ccc(Cl)c(NC(=S)NC(=O)c4ccc5c(c4)OCCO5)c3)nc2c1.